The van der Waals surface area contributed by atoms with E-state index in [2.05, 4.69) is 6.58 Å². The number of thiophene rings is 1. The molecule has 0 spiro atoms. The van der Waals surface area contributed by atoms with Gasteiger partial charge in [0, 0.05) is 11.1 Å². The van der Waals surface area contributed by atoms with Crippen molar-refractivity contribution in [3.63, 3.8) is 0 Å². The van der Waals surface area contributed by atoms with E-state index in [1.807, 2.05) is 37.3 Å². The predicted octanol–water partition coefficient (Wildman–Crippen LogP) is 4.44. The van der Waals surface area contributed by atoms with Gasteiger partial charge in [-0.3, -0.25) is 4.79 Å². The number of Topliss-reactive ketones (excluding diaryl/α,β-unsaturated/α-hetero) is 1. The fraction of sp³-hybridized carbons (Fsp3) is 0.214. The van der Waals surface area contributed by atoms with Crippen LogP contribution in [0.25, 0.3) is 10.1 Å². The molecule has 82 valence electrons. The third kappa shape index (κ3) is 2.22. The van der Waals surface area contributed by atoms with Crippen LogP contribution in [-0.2, 0) is 0 Å². The summed E-state index contributed by atoms with van der Waals surface area (Å²) in [5.41, 5.74) is 1.00. The van der Waals surface area contributed by atoms with Gasteiger partial charge in [-0.1, -0.05) is 37.3 Å². The first kappa shape index (κ1) is 11.1. The number of benzene rings is 1. The lowest BCUT2D eigenvalue weighted by Crippen LogP contribution is -1.96. The minimum absolute atomic E-state index is 0.188. The third-order valence-electron chi connectivity index (χ3n) is 2.61. The van der Waals surface area contributed by atoms with Crippen molar-refractivity contribution in [2.45, 2.75) is 19.8 Å². The number of hydrogen-bond acceptors (Lipinski definition) is 2. The summed E-state index contributed by atoms with van der Waals surface area (Å²) in [5.74, 6) is 0.188. The van der Waals surface area contributed by atoms with E-state index >= 15 is 0 Å². The summed E-state index contributed by atoms with van der Waals surface area (Å²) < 4.78 is 1.17. The van der Waals surface area contributed by atoms with E-state index in [1.54, 1.807) is 11.3 Å². The standard InChI is InChI=1S/C14H14OS/c1-3-10(2)8-12(15)14-9-11-6-4-5-7-13(11)16-14/h4-7,9H,2-3,8H2,1H3. The van der Waals surface area contributed by atoms with E-state index in [4.69, 9.17) is 0 Å². The highest BCUT2D eigenvalue weighted by atomic mass is 32.1. The molecule has 0 unspecified atom stereocenters. The van der Waals surface area contributed by atoms with Crippen LogP contribution in [-0.4, -0.2) is 5.78 Å². The topological polar surface area (TPSA) is 17.1 Å². The van der Waals surface area contributed by atoms with Crippen LogP contribution >= 0.6 is 11.3 Å². The molecule has 0 amide bonds. The Kier molecular flexibility index (Phi) is 3.20. The maximum atomic E-state index is 11.9. The summed E-state index contributed by atoms with van der Waals surface area (Å²) in [6.45, 7) is 5.90. The van der Waals surface area contributed by atoms with Crippen LogP contribution in [0.3, 0.4) is 0 Å². The van der Waals surface area contributed by atoms with Crippen molar-refractivity contribution in [1.29, 1.82) is 0 Å². The number of hydrogen-bond donors (Lipinski definition) is 0. The van der Waals surface area contributed by atoms with Crippen molar-refractivity contribution in [3.8, 4) is 0 Å². The first-order valence-electron chi connectivity index (χ1n) is 5.39. The zero-order valence-electron chi connectivity index (χ0n) is 9.32. The minimum Gasteiger partial charge on any atom is -0.293 e. The molecule has 1 nitrogen and oxygen atoms in total. The Morgan fingerprint density at radius 1 is 1.38 bits per heavy atom. The second-order valence-electron chi connectivity index (χ2n) is 3.85. The lowest BCUT2D eigenvalue weighted by atomic mass is 10.1. The zero-order valence-corrected chi connectivity index (χ0v) is 10.1. The average Bonchev–Trinajstić information content (AvgIpc) is 2.72. The molecule has 1 aromatic carbocycles. The fourth-order valence-electron chi connectivity index (χ4n) is 1.56. The zero-order chi connectivity index (χ0) is 11.5. The van der Waals surface area contributed by atoms with Crippen LogP contribution in [0.1, 0.15) is 29.4 Å². The van der Waals surface area contributed by atoms with E-state index in [0.29, 0.717) is 6.42 Å². The number of ketones is 1. The molecular formula is C14H14OS. The van der Waals surface area contributed by atoms with E-state index in [0.717, 1.165) is 22.3 Å². The van der Waals surface area contributed by atoms with Crippen molar-refractivity contribution in [2.75, 3.05) is 0 Å². The van der Waals surface area contributed by atoms with Gasteiger partial charge in [-0.15, -0.1) is 11.3 Å². The van der Waals surface area contributed by atoms with Crippen LogP contribution in [0.5, 0.6) is 0 Å². The number of rotatable bonds is 4. The molecule has 0 N–H and O–H groups in total. The van der Waals surface area contributed by atoms with Crippen LogP contribution < -0.4 is 0 Å². The molecule has 2 aromatic rings. The third-order valence-corrected chi connectivity index (χ3v) is 3.77. The molecule has 2 heteroatoms. The fourth-order valence-corrected chi connectivity index (χ4v) is 2.56. The molecule has 0 fully saturated rings. The van der Waals surface area contributed by atoms with Crippen molar-refractivity contribution >= 4 is 27.2 Å². The predicted molar refractivity (Wildman–Crippen MR) is 70.2 cm³/mol. The van der Waals surface area contributed by atoms with Crippen molar-refractivity contribution in [3.05, 3.63) is 47.4 Å². The summed E-state index contributed by atoms with van der Waals surface area (Å²) >= 11 is 1.57. The molecule has 2 rings (SSSR count). The second-order valence-corrected chi connectivity index (χ2v) is 4.94. The number of carbonyl (C=O) groups is 1. The first-order chi connectivity index (χ1) is 7.70. The van der Waals surface area contributed by atoms with Gasteiger partial charge in [0.25, 0.3) is 0 Å². The largest absolute Gasteiger partial charge is 0.293 e. The molecule has 0 saturated carbocycles. The van der Waals surface area contributed by atoms with E-state index in [1.165, 1.54) is 4.70 Å². The first-order valence-corrected chi connectivity index (χ1v) is 6.20. The van der Waals surface area contributed by atoms with E-state index in [9.17, 15) is 4.79 Å². The number of fused-ring (bicyclic) bond motifs is 1. The molecule has 0 aliphatic rings. The van der Waals surface area contributed by atoms with Gasteiger partial charge in [-0.05, 0) is 23.9 Å². The van der Waals surface area contributed by atoms with Gasteiger partial charge >= 0.3 is 0 Å². The highest BCUT2D eigenvalue weighted by Crippen LogP contribution is 2.26. The summed E-state index contributed by atoms with van der Waals surface area (Å²) in [4.78, 5) is 12.8. The monoisotopic (exact) mass is 230 g/mol. The molecule has 0 aliphatic heterocycles. The van der Waals surface area contributed by atoms with Crippen molar-refractivity contribution in [2.24, 2.45) is 0 Å². The highest BCUT2D eigenvalue weighted by Gasteiger charge is 2.10. The lowest BCUT2D eigenvalue weighted by Gasteiger charge is -1.98. The SMILES string of the molecule is C=C(CC)CC(=O)c1cc2ccccc2s1. The Morgan fingerprint density at radius 3 is 2.81 bits per heavy atom. The molecule has 0 atom stereocenters. The average molecular weight is 230 g/mol. The van der Waals surface area contributed by atoms with Crippen molar-refractivity contribution < 1.29 is 4.79 Å². The van der Waals surface area contributed by atoms with Gasteiger partial charge in [0.2, 0.25) is 0 Å². The maximum Gasteiger partial charge on any atom is 0.176 e. The Morgan fingerprint density at radius 2 is 2.12 bits per heavy atom. The van der Waals surface area contributed by atoms with Crippen molar-refractivity contribution in [1.82, 2.24) is 0 Å². The lowest BCUT2D eigenvalue weighted by molar-refractivity contribution is 0.0996. The quantitative estimate of drug-likeness (QED) is 0.560. The minimum atomic E-state index is 0.188. The van der Waals surface area contributed by atoms with Gasteiger partial charge in [0.1, 0.15) is 0 Å². The van der Waals surface area contributed by atoms with E-state index < -0.39 is 0 Å². The Labute approximate surface area is 99.4 Å². The molecular weight excluding hydrogens is 216 g/mol. The highest BCUT2D eigenvalue weighted by molar-refractivity contribution is 7.20. The summed E-state index contributed by atoms with van der Waals surface area (Å²) in [5, 5.41) is 1.15. The maximum absolute atomic E-state index is 11.9. The van der Waals surface area contributed by atoms with E-state index in [-0.39, 0.29) is 5.78 Å². The summed E-state index contributed by atoms with van der Waals surface area (Å²) in [7, 11) is 0. The van der Waals surface area contributed by atoms with Gasteiger partial charge in [0.15, 0.2) is 5.78 Å². The Balaban J connectivity index is 2.26. The molecule has 1 heterocycles. The summed E-state index contributed by atoms with van der Waals surface area (Å²) in [6, 6.07) is 10.1. The molecule has 0 bridgehead atoms. The Hall–Kier alpha value is -1.41. The normalized spacial score (nSPS) is 10.6. The second kappa shape index (κ2) is 4.62. The summed E-state index contributed by atoms with van der Waals surface area (Å²) in [6.07, 6.45) is 1.35. The van der Waals surface area contributed by atoms with Gasteiger partial charge in [-0.25, -0.2) is 0 Å². The van der Waals surface area contributed by atoms with Crippen LogP contribution in [0.2, 0.25) is 0 Å². The number of carbonyl (C=O) groups excluding carboxylic acids is 1. The molecule has 0 saturated heterocycles. The molecule has 0 radical (unpaired) electrons. The number of allylic oxidation sites excluding steroid dienone is 1. The van der Waals surface area contributed by atoms with Gasteiger partial charge < -0.3 is 0 Å². The Bertz CT molecular complexity index is 503. The smallest absolute Gasteiger partial charge is 0.176 e. The van der Waals surface area contributed by atoms with Crippen LogP contribution in [0, 0.1) is 0 Å². The molecule has 16 heavy (non-hydrogen) atoms. The molecule has 1 aromatic heterocycles. The molecule has 0 aliphatic carbocycles. The van der Waals surface area contributed by atoms with Crippen LogP contribution in [0.15, 0.2) is 42.5 Å². The van der Waals surface area contributed by atoms with Gasteiger partial charge in [0.05, 0.1) is 4.88 Å². The van der Waals surface area contributed by atoms with Gasteiger partial charge in [-0.2, -0.15) is 0 Å². The van der Waals surface area contributed by atoms with Crippen LogP contribution in [0.4, 0.5) is 0 Å².